The van der Waals surface area contributed by atoms with E-state index in [4.69, 9.17) is 11.6 Å². The maximum absolute atomic E-state index is 12.6. The van der Waals surface area contributed by atoms with Gasteiger partial charge in [-0.3, -0.25) is 9.89 Å². The van der Waals surface area contributed by atoms with Crippen molar-refractivity contribution >= 4 is 23.3 Å². The minimum Gasteiger partial charge on any atom is -0.406 e. The third-order valence-corrected chi connectivity index (χ3v) is 5.38. The van der Waals surface area contributed by atoms with Gasteiger partial charge in [-0.25, -0.2) is 0 Å². The summed E-state index contributed by atoms with van der Waals surface area (Å²) in [5.41, 5.74) is 1.91. The highest BCUT2D eigenvalue weighted by Gasteiger charge is 2.31. The average Bonchev–Trinajstić information content (AvgIpc) is 3.24. The average molecular weight is 465 g/mol. The summed E-state index contributed by atoms with van der Waals surface area (Å²) in [6.45, 7) is 1.32. The summed E-state index contributed by atoms with van der Waals surface area (Å²) in [5, 5.41) is 11.0. The van der Waals surface area contributed by atoms with Gasteiger partial charge in [-0.1, -0.05) is 29.8 Å². The molecule has 32 heavy (non-hydrogen) atoms. The lowest BCUT2D eigenvalue weighted by molar-refractivity contribution is -0.274. The van der Waals surface area contributed by atoms with Crippen LogP contribution < -0.4 is 15.0 Å². The van der Waals surface area contributed by atoms with E-state index in [-0.39, 0.29) is 11.6 Å². The Hall–Kier alpha value is -3.20. The monoisotopic (exact) mass is 464 g/mol. The lowest BCUT2D eigenvalue weighted by Crippen LogP contribution is -2.48. The number of piperidine rings is 1. The number of alkyl halides is 3. The number of anilines is 1. The summed E-state index contributed by atoms with van der Waals surface area (Å²) in [6, 6.07) is 14.2. The molecule has 1 atom stereocenters. The highest BCUT2D eigenvalue weighted by Crippen LogP contribution is 2.26. The third kappa shape index (κ3) is 5.53. The van der Waals surface area contributed by atoms with Crippen LogP contribution in [0.25, 0.3) is 11.3 Å². The number of nitrogens with one attached hydrogen (secondary N) is 2. The number of H-pyrrole nitrogens is 1. The highest BCUT2D eigenvalue weighted by atomic mass is 35.5. The van der Waals surface area contributed by atoms with E-state index in [1.165, 1.54) is 12.1 Å². The van der Waals surface area contributed by atoms with Crippen LogP contribution >= 0.6 is 11.6 Å². The summed E-state index contributed by atoms with van der Waals surface area (Å²) in [5.74, 6) is -0.121. The van der Waals surface area contributed by atoms with Gasteiger partial charge in [-0.15, -0.1) is 13.2 Å². The fourth-order valence-electron chi connectivity index (χ4n) is 3.66. The Balaban J connectivity index is 1.40. The number of carbonyl (C=O) groups is 1. The van der Waals surface area contributed by atoms with Crippen molar-refractivity contribution in [3.63, 3.8) is 0 Å². The van der Waals surface area contributed by atoms with Gasteiger partial charge in [0, 0.05) is 35.8 Å². The van der Waals surface area contributed by atoms with Gasteiger partial charge in [0.2, 0.25) is 0 Å². The van der Waals surface area contributed by atoms with E-state index in [1.54, 1.807) is 12.1 Å². The molecule has 0 bridgehead atoms. The number of rotatable bonds is 5. The fraction of sp³-hybridized carbons (Fsp3) is 0.273. The van der Waals surface area contributed by atoms with Crippen LogP contribution in [0, 0.1) is 0 Å². The molecule has 2 aromatic carbocycles. The van der Waals surface area contributed by atoms with Crippen LogP contribution in [0.2, 0.25) is 5.02 Å². The maximum atomic E-state index is 12.6. The summed E-state index contributed by atoms with van der Waals surface area (Å²) >= 11 is 5.94. The van der Waals surface area contributed by atoms with E-state index in [1.807, 2.05) is 18.2 Å². The maximum Gasteiger partial charge on any atom is 0.573 e. The first-order valence-corrected chi connectivity index (χ1v) is 10.4. The lowest BCUT2D eigenvalue weighted by Gasteiger charge is -2.33. The molecule has 168 valence electrons. The van der Waals surface area contributed by atoms with Crippen LogP contribution in [0.15, 0.2) is 54.6 Å². The molecule has 0 spiro atoms. The molecule has 1 amide bonds. The second kappa shape index (κ2) is 9.12. The van der Waals surface area contributed by atoms with Crippen molar-refractivity contribution in [1.82, 2.24) is 15.5 Å². The Morgan fingerprint density at radius 1 is 1.19 bits per heavy atom. The topological polar surface area (TPSA) is 70.2 Å². The highest BCUT2D eigenvalue weighted by molar-refractivity contribution is 6.30. The minimum atomic E-state index is -4.81. The first-order chi connectivity index (χ1) is 15.3. The molecule has 3 aromatic rings. The number of aromatic amines is 1. The van der Waals surface area contributed by atoms with Gasteiger partial charge in [-0.2, -0.15) is 5.10 Å². The zero-order valence-electron chi connectivity index (χ0n) is 16.8. The second-order valence-electron chi connectivity index (χ2n) is 7.48. The molecule has 0 radical (unpaired) electrons. The van der Waals surface area contributed by atoms with E-state index in [0.29, 0.717) is 11.6 Å². The van der Waals surface area contributed by atoms with Gasteiger partial charge in [0.05, 0.1) is 5.69 Å². The van der Waals surface area contributed by atoms with Gasteiger partial charge < -0.3 is 15.0 Å². The zero-order valence-corrected chi connectivity index (χ0v) is 17.6. The Kier molecular flexibility index (Phi) is 6.27. The van der Waals surface area contributed by atoms with Crippen molar-refractivity contribution in [2.24, 2.45) is 0 Å². The number of halogens is 4. The van der Waals surface area contributed by atoms with Crippen LogP contribution in [0.5, 0.6) is 5.75 Å². The van der Waals surface area contributed by atoms with Crippen LogP contribution in [0.3, 0.4) is 0 Å². The van der Waals surface area contributed by atoms with E-state index in [0.717, 1.165) is 48.6 Å². The molecule has 4 rings (SSSR count). The Morgan fingerprint density at radius 2 is 1.97 bits per heavy atom. The smallest absolute Gasteiger partial charge is 0.406 e. The Bertz CT molecular complexity index is 1090. The molecule has 2 N–H and O–H groups in total. The predicted octanol–water partition coefficient (Wildman–Crippen LogP) is 5.03. The van der Waals surface area contributed by atoms with E-state index < -0.39 is 18.0 Å². The summed E-state index contributed by atoms with van der Waals surface area (Å²) < 4.78 is 41.2. The third-order valence-electron chi connectivity index (χ3n) is 5.13. The van der Waals surface area contributed by atoms with Gasteiger partial charge in [-0.05, 0) is 48.7 Å². The fourth-order valence-corrected chi connectivity index (χ4v) is 3.78. The zero-order chi connectivity index (χ0) is 22.7. The van der Waals surface area contributed by atoms with Crippen molar-refractivity contribution < 1.29 is 22.7 Å². The number of aromatic nitrogens is 2. The van der Waals surface area contributed by atoms with E-state index >= 15 is 0 Å². The van der Waals surface area contributed by atoms with Crippen LogP contribution in [-0.2, 0) is 0 Å². The van der Waals surface area contributed by atoms with Crippen LogP contribution in [0.1, 0.15) is 23.2 Å². The lowest BCUT2D eigenvalue weighted by atomic mass is 10.0. The van der Waals surface area contributed by atoms with Crippen molar-refractivity contribution in [2.75, 3.05) is 18.0 Å². The van der Waals surface area contributed by atoms with Gasteiger partial charge in [0.25, 0.3) is 5.91 Å². The first kappa shape index (κ1) is 22.0. The standard InChI is InChI=1S/C22H20ClF3N4O2/c23-16-8-6-14(7-9-16)19-12-20(29-28-19)30-10-2-4-17(13-30)27-21(31)15-3-1-5-18(11-15)32-22(24,25)26/h1,3,5-9,11-12,17H,2,4,10,13H2,(H,27,31)(H,28,29)/t17-/m1/s1. The number of hydrogen-bond acceptors (Lipinski definition) is 4. The minimum absolute atomic E-state index is 0.105. The largest absolute Gasteiger partial charge is 0.573 e. The molecule has 6 nitrogen and oxygen atoms in total. The van der Waals surface area contributed by atoms with E-state index in [2.05, 4.69) is 25.2 Å². The molecule has 0 unspecified atom stereocenters. The second-order valence-corrected chi connectivity index (χ2v) is 7.92. The van der Waals surface area contributed by atoms with Crippen molar-refractivity contribution in [3.05, 3.63) is 65.2 Å². The van der Waals surface area contributed by atoms with Gasteiger partial charge in [0.15, 0.2) is 5.82 Å². The van der Waals surface area contributed by atoms with Gasteiger partial charge in [0.1, 0.15) is 5.75 Å². The molecule has 1 fully saturated rings. The molecular weight excluding hydrogens is 445 g/mol. The summed E-state index contributed by atoms with van der Waals surface area (Å²) in [4.78, 5) is 14.7. The number of hydrogen-bond donors (Lipinski definition) is 2. The van der Waals surface area contributed by atoms with Crippen LogP contribution in [0.4, 0.5) is 19.0 Å². The molecule has 0 saturated carbocycles. The number of benzene rings is 2. The summed E-state index contributed by atoms with van der Waals surface area (Å²) in [7, 11) is 0. The first-order valence-electron chi connectivity index (χ1n) is 10.00. The quantitative estimate of drug-likeness (QED) is 0.556. The number of carbonyl (C=O) groups excluding carboxylic acids is 1. The van der Waals surface area contributed by atoms with Crippen molar-refractivity contribution in [2.45, 2.75) is 25.2 Å². The van der Waals surface area contributed by atoms with E-state index in [9.17, 15) is 18.0 Å². The molecule has 10 heteroatoms. The van der Waals surface area contributed by atoms with Crippen molar-refractivity contribution in [1.29, 1.82) is 0 Å². The Morgan fingerprint density at radius 3 is 2.72 bits per heavy atom. The van der Waals surface area contributed by atoms with Gasteiger partial charge >= 0.3 is 6.36 Å². The molecule has 1 saturated heterocycles. The number of amides is 1. The SMILES string of the molecule is O=C(N[C@@H]1CCCN(c2cc(-c3ccc(Cl)cc3)[nH]n2)C1)c1cccc(OC(F)(F)F)c1. The molecule has 0 aliphatic carbocycles. The molecule has 2 heterocycles. The van der Waals surface area contributed by atoms with Crippen LogP contribution in [-0.4, -0.2) is 41.6 Å². The number of ether oxygens (including phenoxy) is 1. The normalized spacial score (nSPS) is 16.6. The van der Waals surface area contributed by atoms with Crippen molar-refractivity contribution in [3.8, 4) is 17.0 Å². The Labute approximate surface area is 187 Å². The number of nitrogens with zero attached hydrogens (tertiary/aromatic N) is 2. The molecular formula is C22H20ClF3N4O2. The molecule has 1 aromatic heterocycles. The predicted molar refractivity (Wildman–Crippen MR) is 115 cm³/mol. The summed E-state index contributed by atoms with van der Waals surface area (Å²) in [6.07, 6.45) is -3.21. The molecule has 1 aliphatic heterocycles. The molecule has 1 aliphatic rings.